The standard InChI is InChI=1S/C30H35Br2N9O6/c1-5-39-15-23(32)27(37-39)36-28(42)25-9-21(14-40(25)29(43)18-6-20(33-4)11-34-10-18)35-26-22(7-19(31)8-24(26)41(45)46)30(44)38-12-16(2)47-17(3)13-38/h6-8,10-11,15-17,21,25,33,35H,5,9,12-14H2,1-4H3,(H,36,37,42)/t16-,17+,21-,25+/m1/s1. The lowest BCUT2D eigenvalue weighted by Gasteiger charge is -2.35. The number of aryl methyl sites for hydroxylation is 1. The minimum Gasteiger partial charge on any atom is -0.387 e. The third-order valence-electron chi connectivity index (χ3n) is 7.99. The number of rotatable bonds is 9. The molecule has 2 aliphatic rings. The fourth-order valence-electron chi connectivity index (χ4n) is 5.89. The van der Waals surface area contributed by atoms with Gasteiger partial charge in [0.05, 0.1) is 38.4 Å². The lowest BCUT2D eigenvalue weighted by molar-refractivity contribution is -0.384. The van der Waals surface area contributed by atoms with E-state index >= 15 is 0 Å². The first-order chi connectivity index (χ1) is 22.4. The molecular weight excluding hydrogens is 742 g/mol. The van der Waals surface area contributed by atoms with Gasteiger partial charge in [0.15, 0.2) is 5.82 Å². The van der Waals surface area contributed by atoms with Gasteiger partial charge in [0.25, 0.3) is 17.5 Å². The number of nitrogens with zero attached hydrogens (tertiary/aromatic N) is 6. The lowest BCUT2D eigenvalue weighted by atomic mass is 10.1. The summed E-state index contributed by atoms with van der Waals surface area (Å²) < 4.78 is 8.37. The van der Waals surface area contributed by atoms with Gasteiger partial charge >= 0.3 is 0 Å². The van der Waals surface area contributed by atoms with E-state index in [4.69, 9.17) is 4.74 Å². The highest BCUT2D eigenvalue weighted by Gasteiger charge is 2.42. The van der Waals surface area contributed by atoms with Crippen LogP contribution < -0.4 is 16.0 Å². The summed E-state index contributed by atoms with van der Waals surface area (Å²) in [5, 5.41) is 25.6. The molecule has 1 aromatic carbocycles. The smallest absolute Gasteiger partial charge is 0.294 e. The third-order valence-corrected chi connectivity index (χ3v) is 9.02. The number of hydrogen-bond acceptors (Lipinski definition) is 10. The molecule has 17 heteroatoms. The Hall–Kier alpha value is -4.09. The molecule has 0 bridgehead atoms. The number of benzene rings is 1. The average Bonchev–Trinajstić information content (AvgIpc) is 3.63. The van der Waals surface area contributed by atoms with E-state index in [2.05, 4.69) is 57.9 Å². The van der Waals surface area contributed by atoms with Crippen molar-refractivity contribution >= 4 is 72.5 Å². The molecule has 2 aromatic heterocycles. The van der Waals surface area contributed by atoms with Crippen molar-refractivity contribution in [2.24, 2.45) is 0 Å². The molecule has 3 N–H and O–H groups in total. The van der Waals surface area contributed by atoms with E-state index in [-0.39, 0.29) is 47.7 Å². The number of nitrogens with one attached hydrogen (secondary N) is 3. The molecule has 0 aliphatic carbocycles. The van der Waals surface area contributed by atoms with Crippen LogP contribution >= 0.6 is 31.9 Å². The molecule has 0 radical (unpaired) electrons. The van der Waals surface area contributed by atoms with Crippen LogP contribution in [0, 0.1) is 10.1 Å². The maximum absolute atomic E-state index is 13.9. The van der Waals surface area contributed by atoms with Gasteiger partial charge in [-0.1, -0.05) is 15.9 Å². The van der Waals surface area contributed by atoms with Gasteiger partial charge in [-0.2, -0.15) is 5.10 Å². The normalized spacial score (nSPS) is 21.0. The first-order valence-electron chi connectivity index (χ1n) is 15.0. The zero-order chi connectivity index (χ0) is 34.0. The first-order valence-corrected chi connectivity index (χ1v) is 16.6. The summed E-state index contributed by atoms with van der Waals surface area (Å²) in [5.74, 6) is -1.04. The number of nitro groups is 1. The predicted octanol–water partition coefficient (Wildman–Crippen LogP) is 4.36. The molecule has 4 heterocycles. The highest BCUT2D eigenvalue weighted by Crippen LogP contribution is 2.36. The fraction of sp³-hybridized carbons (Fsp3) is 0.433. The second kappa shape index (κ2) is 14.4. The number of nitro benzene ring substituents is 1. The van der Waals surface area contributed by atoms with Gasteiger partial charge in [0, 0.05) is 68.4 Å². The van der Waals surface area contributed by atoms with Gasteiger partial charge < -0.3 is 30.5 Å². The number of ether oxygens (including phenoxy) is 1. The number of amides is 3. The number of carbonyl (C=O) groups is 3. The quantitative estimate of drug-likeness (QED) is 0.209. The van der Waals surface area contributed by atoms with Gasteiger partial charge in [0.1, 0.15) is 11.7 Å². The average molecular weight is 777 g/mol. The molecule has 2 saturated heterocycles. The van der Waals surface area contributed by atoms with Gasteiger partial charge in [-0.15, -0.1) is 0 Å². The Morgan fingerprint density at radius 3 is 2.45 bits per heavy atom. The number of pyridine rings is 1. The summed E-state index contributed by atoms with van der Waals surface area (Å²) >= 11 is 6.75. The maximum atomic E-state index is 13.9. The summed E-state index contributed by atoms with van der Waals surface area (Å²) in [6.45, 7) is 6.87. The Morgan fingerprint density at radius 1 is 1.09 bits per heavy atom. The minimum absolute atomic E-state index is 0.0109. The van der Waals surface area contributed by atoms with E-state index in [1.54, 1.807) is 41.2 Å². The van der Waals surface area contributed by atoms with Crippen molar-refractivity contribution in [3.05, 3.63) is 67.0 Å². The molecule has 0 unspecified atom stereocenters. The summed E-state index contributed by atoms with van der Waals surface area (Å²) in [6, 6.07) is 2.88. The van der Waals surface area contributed by atoms with Crippen molar-refractivity contribution in [2.45, 2.75) is 58.0 Å². The minimum atomic E-state index is -0.980. The highest BCUT2D eigenvalue weighted by atomic mass is 79.9. The molecule has 250 valence electrons. The van der Waals surface area contributed by atoms with Crippen molar-refractivity contribution in [1.82, 2.24) is 24.6 Å². The van der Waals surface area contributed by atoms with Gasteiger partial charge in [-0.25, -0.2) is 0 Å². The molecule has 2 aliphatic heterocycles. The topological polar surface area (TPSA) is 177 Å². The van der Waals surface area contributed by atoms with Gasteiger partial charge in [-0.3, -0.25) is 34.2 Å². The van der Waals surface area contributed by atoms with E-state index in [1.165, 1.54) is 17.2 Å². The molecule has 0 saturated carbocycles. The lowest BCUT2D eigenvalue weighted by Crippen LogP contribution is -2.48. The molecule has 5 rings (SSSR count). The zero-order valence-corrected chi connectivity index (χ0v) is 29.4. The van der Waals surface area contributed by atoms with Gasteiger partial charge in [0.2, 0.25) is 5.91 Å². The van der Waals surface area contributed by atoms with Crippen LogP contribution in [0.5, 0.6) is 0 Å². The van der Waals surface area contributed by atoms with Crippen molar-refractivity contribution in [3.63, 3.8) is 0 Å². The summed E-state index contributed by atoms with van der Waals surface area (Å²) in [7, 11) is 1.70. The van der Waals surface area contributed by atoms with Gasteiger partial charge in [-0.05, 0) is 55.3 Å². The second-order valence-corrected chi connectivity index (χ2v) is 13.3. The molecule has 3 amide bonds. The van der Waals surface area contributed by atoms with Crippen LogP contribution in [0.25, 0.3) is 0 Å². The van der Waals surface area contributed by atoms with Crippen LogP contribution in [0.1, 0.15) is 47.9 Å². The highest BCUT2D eigenvalue weighted by molar-refractivity contribution is 9.10. The van der Waals surface area contributed by atoms with Crippen molar-refractivity contribution in [1.29, 1.82) is 0 Å². The number of halogens is 2. The van der Waals surface area contributed by atoms with Crippen molar-refractivity contribution in [2.75, 3.05) is 42.6 Å². The van der Waals surface area contributed by atoms with Crippen molar-refractivity contribution in [3.8, 4) is 0 Å². The van der Waals surface area contributed by atoms with Crippen molar-refractivity contribution < 1.29 is 24.0 Å². The summed E-state index contributed by atoms with van der Waals surface area (Å²) in [4.78, 5) is 60.5. The SMILES string of the molecule is CCn1cc(Br)c(NC(=O)[C@@H]2C[C@@H](Nc3c(C(=O)N4C[C@@H](C)O[C@@H](C)C4)cc(Br)cc3[N+](=O)[O-])CN2C(=O)c2cncc(NC)c2)n1. The Morgan fingerprint density at radius 2 is 1.81 bits per heavy atom. The maximum Gasteiger partial charge on any atom is 0.294 e. The number of anilines is 3. The Kier molecular flexibility index (Phi) is 10.5. The summed E-state index contributed by atoms with van der Waals surface area (Å²) in [6.07, 6.45) is 4.38. The Labute approximate surface area is 287 Å². The zero-order valence-electron chi connectivity index (χ0n) is 26.2. The number of carbonyl (C=O) groups excluding carboxylic acids is 3. The van der Waals surface area contributed by atoms with E-state index in [1.807, 2.05) is 20.8 Å². The molecule has 3 aromatic rings. The fourth-order valence-corrected chi connectivity index (χ4v) is 6.75. The molecule has 15 nitrogen and oxygen atoms in total. The first kappa shape index (κ1) is 34.3. The molecular formula is C30H35Br2N9O6. The van der Waals surface area contributed by atoms with Crippen LogP contribution in [0.2, 0.25) is 0 Å². The molecule has 47 heavy (non-hydrogen) atoms. The molecule has 0 spiro atoms. The second-order valence-electron chi connectivity index (χ2n) is 11.5. The van der Waals surface area contributed by atoms with E-state index in [0.717, 1.165) is 0 Å². The molecule has 2 fully saturated rings. The number of morpholine rings is 1. The monoisotopic (exact) mass is 775 g/mol. The largest absolute Gasteiger partial charge is 0.387 e. The third kappa shape index (κ3) is 7.57. The Balaban J connectivity index is 1.49. The Bertz CT molecular complexity index is 1690. The predicted molar refractivity (Wildman–Crippen MR) is 182 cm³/mol. The number of hydrogen-bond donors (Lipinski definition) is 3. The summed E-state index contributed by atoms with van der Waals surface area (Å²) in [5.41, 5.74) is 0.658. The van der Waals surface area contributed by atoms with E-state index in [9.17, 15) is 24.5 Å². The van der Waals surface area contributed by atoms with Crippen LogP contribution in [0.3, 0.4) is 0 Å². The van der Waals surface area contributed by atoms with Crippen LogP contribution in [-0.2, 0) is 16.1 Å². The number of likely N-dealkylation sites (tertiary alicyclic amines) is 1. The number of aromatic nitrogens is 3. The van der Waals surface area contributed by atoms with Crippen LogP contribution in [0.15, 0.2) is 45.7 Å². The van der Waals surface area contributed by atoms with Crippen LogP contribution in [0.4, 0.5) is 22.9 Å². The van der Waals surface area contributed by atoms with E-state index < -0.39 is 34.7 Å². The molecule has 4 atom stereocenters. The van der Waals surface area contributed by atoms with E-state index in [0.29, 0.717) is 40.1 Å². The van der Waals surface area contributed by atoms with Crippen LogP contribution in [-0.4, -0.2) is 98.2 Å².